The number of hydrogen-bond donors (Lipinski definition) is 0. The monoisotopic (exact) mass is 288 g/mol. The maximum atomic E-state index is 8.64. The summed E-state index contributed by atoms with van der Waals surface area (Å²) in [7, 11) is 0. The molecule has 0 spiro atoms. The molecule has 4 nitrogen and oxygen atoms in total. The van der Waals surface area contributed by atoms with Crippen molar-refractivity contribution in [3.05, 3.63) is 29.8 Å². The Morgan fingerprint density at radius 1 is 1.38 bits per heavy atom. The third-order valence-electron chi connectivity index (χ3n) is 3.52. The molecule has 1 heterocycles. The van der Waals surface area contributed by atoms with E-state index in [4.69, 9.17) is 14.7 Å². The minimum Gasteiger partial charge on any atom is -0.492 e. The molecular weight excluding hydrogens is 264 g/mol. The van der Waals surface area contributed by atoms with Crippen molar-refractivity contribution in [1.29, 1.82) is 5.26 Å². The van der Waals surface area contributed by atoms with Crippen LogP contribution in [0.3, 0.4) is 0 Å². The van der Waals surface area contributed by atoms with Gasteiger partial charge in [-0.05, 0) is 38.5 Å². The third-order valence-corrected chi connectivity index (χ3v) is 3.52. The van der Waals surface area contributed by atoms with Crippen LogP contribution in [0.5, 0.6) is 5.75 Å². The minimum absolute atomic E-state index is 0.0867. The van der Waals surface area contributed by atoms with Gasteiger partial charge in [-0.15, -0.1) is 0 Å². The Labute approximate surface area is 127 Å². The summed E-state index contributed by atoms with van der Waals surface area (Å²) in [6.45, 7) is 9.82. The van der Waals surface area contributed by atoms with E-state index in [1.165, 1.54) is 0 Å². The van der Waals surface area contributed by atoms with E-state index in [1.54, 1.807) is 0 Å². The van der Waals surface area contributed by atoms with Crippen LogP contribution in [0.15, 0.2) is 24.3 Å². The van der Waals surface area contributed by atoms with Gasteiger partial charge in [-0.3, -0.25) is 4.90 Å². The van der Waals surface area contributed by atoms with Gasteiger partial charge in [0.15, 0.2) is 0 Å². The molecule has 1 fully saturated rings. The highest BCUT2D eigenvalue weighted by Gasteiger charge is 2.30. The normalized spacial score (nSPS) is 21.7. The molecule has 1 saturated heterocycles. The lowest BCUT2D eigenvalue weighted by atomic mass is 10.1. The van der Waals surface area contributed by atoms with Crippen LogP contribution in [-0.4, -0.2) is 42.8 Å². The molecule has 1 unspecified atom stereocenters. The van der Waals surface area contributed by atoms with Crippen molar-refractivity contribution in [3.8, 4) is 11.8 Å². The van der Waals surface area contributed by atoms with Gasteiger partial charge in [-0.25, -0.2) is 0 Å². The third kappa shape index (κ3) is 5.04. The van der Waals surface area contributed by atoms with Crippen LogP contribution >= 0.6 is 0 Å². The number of hydrogen-bond acceptors (Lipinski definition) is 4. The number of ether oxygens (including phenoxy) is 2. The molecule has 0 bridgehead atoms. The topological polar surface area (TPSA) is 45.5 Å². The molecule has 1 aliphatic heterocycles. The largest absolute Gasteiger partial charge is 0.492 e. The zero-order valence-electron chi connectivity index (χ0n) is 13.1. The minimum atomic E-state index is -0.0867. The van der Waals surface area contributed by atoms with E-state index in [2.05, 4.69) is 31.7 Å². The smallest absolute Gasteiger partial charge is 0.119 e. The summed E-state index contributed by atoms with van der Waals surface area (Å²) in [5.74, 6) is 0.859. The van der Waals surface area contributed by atoms with Gasteiger partial charge in [0, 0.05) is 19.6 Å². The van der Waals surface area contributed by atoms with Gasteiger partial charge in [0.2, 0.25) is 0 Å². The van der Waals surface area contributed by atoms with Crippen molar-refractivity contribution >= 4 is 0 Å². The predicted molar refractivity (Wildman–Crippen MR) is 82.3 cm³/mol. The molecule has 21 heavy (non-hydrogen) atoms. The molecule has 0 radical (unpaired) electrons. The van der Waals surface area contributed by atoms with Gasteiger partial charge in [0.05, 0.1) is 24.2 Å². The molecule has 1 aliphatic rings. The van der Waals surface area contributed by atoms with Crippen molar-refractivity contribution < 1.29 is 9.47 Å². The highest BCUT2D eigenvalue weighted by molar-refractivity contribution is 5.28. The Bertz CT molecular complexity index is 491. The summed E-state index contributed by atoms with van der Waals surface area (Å²) in [4.78, 5) is 2.39. The average Bonchev–Trinajstić information content (AvgIpc) is 2.39. The summed E-state index contributed by atoms with van der Waals surface area (Å²) in [5.41, 5.74) is 0.935. The molecule has 0 amide bonds. The molecular formula is C17H24N2O2. The quantitative estimate of drug-likeness (QED) is 0.835. The second-order valence-corrected chi connectivity index (χ2v) is 6.25. The number of benzene rings is 1. The molecule has 0 N–H and O–H groups in total. The molecule has 1 atom stereocenters. The standard InChI is InChI=1S/C17H24N2O2/c1-14-12-19(13-17(2,3)21-14)10-11-20-16-6-4-15(5-7-16)8-9-18/h4-7,14H,8,10-13H2,1-3H3. The first-order chi connectivity index (χ1) is 9.98. The lowest BCUT2D eigenvalue weighted by Crippen LogP contribution is -2.52. The Hall–Kier alpha value is -1.57. The van der Waals surface area contributed by atoms with Crippen LogP contribution in [-0.2, 0) is 11.2 Å². The lowest BCUT2D eigenvalue weighted by molar-refractivity contribution is -0.129. The zero-order valence-corrected chi connectivity index (χ0v) is 13.1. The van der Waals surface area contributed by atoms with E-state index in [1.807, 2.05) is 24.3 Å². The van der Waals surface area contributed by atoms with Gasteiger partial charge in [0.25, 0.3) is 0 Å². The second kappa shape index (κ2) is 6.93. The van der Waals surface area contributed by atoms with E-state index in [0.717, 1.165) is 30.9 Å². The number of nitrogens with zero attached hydrogens (tertiary/aromatic N) is 2. The summed E-state index contributed by atoms with van der Waals surface area (Å²) in [6.07, 6.45) is 0.708. The van der Waals surface area contributed by atoms with Crippen LogP contribution < -0.4 is 4.74 Å². The molecule has 1 aromatic carbocycles. The SMILES string of the molecule is CC1CN(CCOc2ccc(CC#N)cc2)CC(C)(C)O1. The fourth-order valence-corrected chi connectivity index (χ4v) is 2.84. The molecule has 114 valence electrons. The summed E-state index contributed by atoms with van der Waals surface area (Å²) < 4.78 is 11.7. The van der Waals surface area contributed by atoms with Crippen LogP contribution in [0.25, 0.3) is 0 Å². The first kappa shape index (κ1) is 15.8. The zero-order chi connectivity index (χ0) is 15.3. The van der Waals surface area contributed by atoms with Crippen LogP contribution in [0.2, 0.25) is 0 Å². The lowest BCUT2D eigenvalue weighted by Gasteiger charge is -2.41. The molecule has 2 rings (SSSR count). The number of morpholine rings is 1. The maximum Gasteiger partial charge on any atom is 0.119 e. The molecule has 4 heteroatoms. The first-order valence-corrected chi connectivity index (χ1v) is 7.47. The Balaban J connectivity index is 1.77. The van der Waals surface area contributed by atoms with Gasteiger partial charge < -0.3 is 9.47 Å². The molecule has 0 saturated carbocycles. The van der Waals surface area contributed by atoms with Crippen LogP contribution in [0, 0.1) is 11.3 Å². The summed E-state index contributed by atoms with van der Waals surface area (Å²) in [5, 5.41) is 8.64. The first-order valence-electron chi connectivity index (χ1n) is 7.47. The Morgan fingerprint density at radius 2 is 2.10 bits per heavy atom. The van der Waals surface area contributed by atoms with Gasteiger partial charge in [-0.1, -0.05) is 12.1 Å². The van der Waals surface area contributed by atoms with E-state index in [-0.39, 0.29) is 11.7 Å². The van der Waals surface area contributed by atoms with Crippen molar-refractivity contribution in [2.75, 3.05) is 26.2 Å². The Kier molecular flexibility index (Phi) is 5.22. The van der Waals surface area contributed by atoms with Crippen molar-refractivity contribution in [3.63, 3.8) is 0 Å². The molecule has 1 aromatic rings. The van der Waals surface area contributed by atoms with Crippen LogP contribution in [0.4, 0.5) is 0 Å². The fourth-order valence-electron chi connectivity index (χ4n) is 2.84. The fraction of sp³-hybridized carbons (Fsp3) is 0.588. The van der Waals surface area contributed by atoms with Gasteiger partial charge in [-0.2, -0.15) is 5.26 Å². The summed E-state index contributed by atoms with van der Waals surface area (Å²) >= 11 is 0. The van der Waals surface area contributed by atoms with E-state index >= 15 is 0 Å². The van der Waals surface area contributed by atoms with E-state index < -0.39 is 0 Å². The van der Waals surface area contributed by atoms with Gasteiger partial charge >= 0.3 is 0 Å². The van der Waals surface area contributed by atoms with E-state index in [0.29, 0.717) is 13.0 Å². The predicted octanol–water partition coefficient (Wildman–Crippen LogP) is 2.63. The highest BCUT2D eigenvalue weighted by atomic mass is 16.5. The van der Waals surface area contributed by atoms with Crippen molar-refractivity contribution in [2.24, 2.45) is 0 Å². The van der Waals surface area contributed by atoms with Crippen molar-refractivity contribution in [2.45, 2.75) is 38.9 Å². The number of nitriles is 1. The van der Waals surface area contributed by atoms with Crippen LogP contribution in [0.1, 0.15) is 26.3 Å². The number of rotatable bonds is 5. The highest BCUT2D eigenvalue weighted by Crippen LogP contribution is 2.20. The van der Waals surface area contributed by atoms with E-state index in [9.17, 15) is 0 Å². The van der Waals surface area contributed by atoms with Gasteiger partial charge in [0.1, 0.15) is 12.4 Å². The molecule has 0 aromatic heterocycles. The summed E-state index contributed by atoms with van der Waals surface area (Å²) in [6, 6.07) is 9.89. The average molecular weight is 288 g/mol. The maximum absolute atomic E-state index is 8.64. The Morgan fingerprint density at radius 3 is 2.71 bits per heavy atom. The second-order valence-electron chi connectivity index (χ2n) is 6.25. The van der Waals surface area contributed by atoms with Crippen molar-refractivity contribution in [1.82, 2.24) is 4.90 Å². The molecule has 0 aliphatic carbocycles.